The van der Waals surface area contributed by atoms with E-state index < -0.39 is 0 Å². The number of carbonyl (C=O) groups is 2. The number of carbonyl (C=O) groups excluding carboxylic acids is 2. The molecule has 0 aliphatic rings. The van der Waals surface area contributed by atoms with E-state index in [1.54, 1.807) is 31.4 Å². The average molecular weight is 365 g/mol. The van der Waals surface area contributed by atoms with Gasteiger partial charge in [-0.2, -0.15) is 0 Å². The van der Waals surface area contributed by atoms with Gasteiger partial charge in [-0.1, -0.05) is 30.4 Å². The standard InChI is InChI=1S/C22H23NO4/c1-23(2)21-13-8-17(14-22(21)27-3)7-12-20(26)15-19(25)11-6-16-4-9-18(24)10-5-16/h4-14,24H,15H2,1-3H3/b11-6+,12-7+. The maximum absolute atomic E-state index is 12.0. The molecule has 0 atom stereocenters. The van der Waals surface area contributed by atoms with E-state index in [2.05, 4.69) is 0 Å². The molecule has 0 bridgehead atoms. The number of allylic oxidation sites excluding steroid dienone is 2. The number of ketones is 2. The number of nitrogens with zero attached hydrogens (tertiary/aromatic N) is 1. The fraction of sp³-hybridized carbons (Fsp3) is 0.182. The number of ether oxygens (including phenoxy) is 1. The van der Waals surface area contributed by atoms with Crippen LogP contribution in [0.4, 0.5) is 5.69 Å². The number of hydrogen-bond acceptors (Lipinski definition) is 5. The molecule has 0 aromatic heterocycles. The summed E-state index contributed by atoms with van der Waals surface area (Å²) in [5, 5.41) is 9.23. The van der Waals surface area contributed by atoms with Crippen molar-refractivity contribution >= 4 is 29.4 Å². The molecule has 0 aliphatic carbocycles. The van der Waals surface area contributed by atoms with Crippen LogP contribution < -0.4 is 9.64 Å². The molecule has 140 valence electrons. The number of rotatable bonds is 8. The van der Waals surface area contributed by atoms with Crippen LogP contribution in [0.1, 0.15) is 17.5 Å². The first-order chi connectivity index (χ1) is 12.9. The second-order valence-electron chi connectivity index (χ2n) is 6.19. The van der Waals surface area contributed by atoms with Crippen LogP contribution in [0.2, 0.25) is 0 Å². The number of phenols is 1. The third-order valence-corrected chi connectivity index (χ3v) is 3.85. The van der Waals surface area contributed by atoms with E-state index in [4.69, 9.17) is 4.74 Å². The first kappa shape index (κ1) is 20.0. The monoisotopic (exact) mass is 365 g/mol. The lowest BCUT2D eigenvalue weighted by Gasteiger charge is -2.16. The molecular weight excluding hydrogens is 342 g/mol. The van der Waals surface area contributed by atoms with Crippen LogP contribution in [0.15, 0.2) is 54.6 Å². The SMILES string of the molecule is COc1cc(/C=C/C(=O)CC(=O)/C=C/c2ccc(O)cc2)ccc1N(C)C. The molecule has 0 aliphatic heterocycles. The van der Waals surface area contributed by atoms with Gasteiger partial charge in [-0.3, -0.25) is 9.59 Å². The van der Waals surface area contributed by atoms with Gasteiger partial charge in [0.1, 0.15) is 11.5 Å². The molecule has 0 heterocycles. The Kier molecular flexibility index (Phi) is 6.94. The summed E-state index contributed by atoms with van der Waals surface area (Å²) in [7, 11) is 5.45. The molecule has 2 aromatic carbocycles. The summed E-state index contributed by atoms with van der Waals surface area (Å²) in [6.07, 6.45) is 5.85. The molecule has 0 saturated heterocycles. The van der Waals surface area contributed by atoms with Crippen molar-refractivity contribution in [3.05, 3.63) is 65.7 Å². The highest BCUT2D eigenvalue weighted by molar-refractivity contribution is 6.10. The van der Waals surface area contributed by atoms with Crippen LogP contribution >= 0.6 is 0 Å². The second-order valence-corrected chi connectivity index (χ2v) is 6.19. The molecule has 2 rings (SSSR count). The Morgan fingerprint density at radius 2 is 1.52 bits per heavy atom. The highest BCUT2D eigenvalue weighted by Gasteiger charge is 2.06. The Labute approximate surface area is 159 Å². The minimum absolute atomic E-state index is 0.161. The van der Waals surface area contributed by atoms with E-state index in [0.29, 0.717) is 5.75 Å². The summed E-state index contributed by atoms with van der Waals surface area (Å²) in [4.78, 5) is 25.8. The minimum Gasteiger partial charge on any atom is -0.508 e. The molecule has 5 nitrogen and oxygen atoms in total. The molecule has 5 heteroatoms. The first-order valence-corrected chi connectivity index (χ1v) is 8.45. The summed E-state index contributed by atoms with van der Waals surface area (Å²) >= 11 is 0. The van der Waals surface area contributed by atoms with Crippen molar-refractivity contribution in [1.82, 2.24) is 0 Å². The normalized spacial score (nSPS) is 11.1. The van der Waals surface area contributed by atoms with Gasteiger partial charge >= 0.3 is 0 Å². The zero-order valence-corrected chi connectivity index (χ0v) is 15.7. The predicted octanol–water partition coefficient (Wildman–Crippen LogP) is 3.72. The molecule has 0 saturated carbocycles. The number of benzene rings is 2. The summed E-state index contributed by atoms with van der Waals surface area (Å²) < 4.78 is 5.36. The van der Waals surface area contributed by atoms with E-state index in [1.807, 2.05) is 37.2 Å². The Morgan fingerprint density at radius 3 is 2.07 bits per heavy atom. The van der Waals surface area contributed by atoms with Gasteiger partial charge in [0.05, 0.1) is 19.2 Å². The van der Waals surface area contributed by atoms with Crippen molar-refractivity contribution in [2.24, 2.45) is 0 Å². The molecule has 1 N–H and O–H groups in total. The Morgan fingerprint density at radius 1 is 0.963 bits per heavy atom. The van der Waals surface area contributed by atoms with Crippen LogP contribution in [-0.2, 0) is 9.59 Å². The summed E-state index contributed by atoms with van der Waals surface area (Å²) in [6, 6.07) is 12.1. The van der Waals surface area contributed by atoms with Crippen LogP contribution in [0.5, 0.6) is 11.5 Å². The molecule has 0 spiro atoms. The molecular formula is C22H23NO4. The Balaban J connectivity index is 1.96. The van der Waals surface area contributed by atoms with Crippen LogP contribution in [0.3, 0.4) is 0 Å². The van der Waals surface area contributed by atoms with Gasteiger partial charge in [0.2, 0.25) is 0 Å². The third kappa shape index (κ3) is 6.15. The molecule has 27 heavy (non-hydrogen) atoms. The molecule has 0 amide bonds. The minimum atomic E-state index is -0.279. The maximum Gasteiger partial charge on any atom is 0.163 e. The number of methoxy groups -OCH3 is 1. The first-order valence-electron chi connectivity index (χ1n) is 8.45. The quantitative estimate of drug-likeness (QED) is 0.570. The van der Waals surface area contributed by atoms with Gasteiger partial charge in [-0.15, -0.1) is 0 Å². The van der Waals surface area contributed by atoms with Gasteiger partial charge < -0.3 is 14.7 Å². The van der Waals surface area contributed by atoms with E-state index in [-0.39, 0.29) is 23.7 Å². The predicted molar refractivity (Wildman–Crippen MR) is 108 cm³/mol. The van der Waals surface area contributed by atoms with Crippen LogP contribution in [-0.4, -0.2) is 37.9 Å². The lowest BCUT2D eigenvalue weighted by molar-refractivity contribution is -0.121. The zero-order valence-electron chi connectivity index (χ0n) is 15.7. The van der Waals surface area contributed by atoms with Gasteiger partial charge in [-0.05, 0) is 47.5 Å². The molecule has 0 radical (unpaired) electrons. The summed E-state index contributed by atoms with van der Waals surface area (Å²) in [6.45, 7) is 0. The van der Waals surface area contributed by atoms with Gasteiger partial charge in [-0.25, -0.2) is 0 Å². The summed E-state index contributed by atoms with van der Waals surface area (Å²) in [5.74, 6) is 0.320. The second kappa shape index (κ2) is 9.38. The van der Waals surface area contributed by atoms with E-state index in [9.17, 15) is 14.7 Å². The number of aromatic hydroxyl groups is 1. The molecule has 0 fully saturated rings. The topological polar surface area (TPSA) is 66.8 Å². The fourth-order valence-corrected chi connectivity index (χ4v) is 2.42. The maximum atomic E-state index is 12.0. The Bertz CT molecular complexity index is 864. The largest absolute Gasteiger partial charge is 0.508 e. The van der Waals surface area contributed by atoms with E-state index in [0.717, 1.165) is 16.8 Å². The van der Waals surface area contributed by atoms with Gasteiger partial charge in [0.15, 0.2) is 11.6 Å². The third-order valence-electron chi connectivity index (χ3n) is 3.85. The molecule has 0 unspecified atom stereocenters. The lowest BCUT2D eigenvalue weighted by atomic mass is 10.1. The van der Waals surface area contributed by atoms with Crippen molar-refractivity contribution in [3.8, 4) is 11.5 Å². The van der Waals surface area contributed by atoms with Crippen molar-refractivity contribution in [1.29, 1.82) is 0 Å². The smallest absolute Gasteiger partial charge is 0.163 e. The van der Waals surface area contributed by atoms with Crippen molar-refractivity contribution in [2.45, 2.75) is 6.42 Å². The van der Waals surface area contributed by atoms with Crippen molar-refractivity contribution < 1.29 is 19.4 Å². The van der Waals surface area contributed by atoms with Crippen molar-refractivity contribution in [3.63, 3.8) is 0 Å². The van der Waals surface area contributed by atoms with Crippen molar-refractivity contribution in [2.75, 3.05) is 26.1 Å². The van der Waals surface area contributed by atoms with Crippen LogP contribution in [0, 0.1) is 0 Å². The number of anilines is 1. The number of hydrogen-bond donors (Lipinski definition) is 1. The highest BCUT2D eigenvalue weighted by atomic mass is 16.5. The van der Waals surface area contributed by atoms with Crippen LogP contribution in [0.25, 0.3) is 12.2 Å². The fourth-order valence-electron chi connectivity index (χ4n) is 2.42. The summed E-state index contributed by atoms with van der Waals surface area (Å²) in [5.41, 5.74) is 2.53. The highest BCUT2D eigenvalue weighted by Crippen LogP contribution is 2.28. The lowest BCUT2D eigenvalue weighted by Crippen LogP contribution is -2.10. The van der Waals surface area contributed by atoms with Gasteiger partial charge in [0.25, 0.3) is 0 Å². The van der Waals surface area contributed by atoms with E-state index in [1.165, 1.54) is 24.3 Å². The zero-order chi connectivity index (χ0) is 19.8. The molecule has 2 aromatic rings. The number of phenolic OH excluding ortho intramolecular Hbond substituents is 1. The van der Waals surface area contributed by atoms with Gasteiger partial charge in [0, 0.05) is 14.1 Å². The average Bonchev–Trinajstić information content (AvgIpc) is 2.65. The van der Waals surface area contributed by atoms with E-state index >= 15 is 0 Å². The Hall–Kier alpha value is -3.34.